The van der Waals surface area contributed by atoms with E-state index in [-0.39, 0.29) is 68.4 Å². The zero-order valence-electron chi connectivity index (χ0n) is 54.0. The summed E-state index contributed by atoms with van der Waals surface area (Å²) in [4.78, 5) is 171. The maximum Gasteiger partial charge on any atom is 0.331 e. The van der Waals surface area contributed by atoms with Crippen molar-refractivity contribution < 1.29 is 82.7 Å². The van der Waals surface area contributed by atoms with Gasteiger partial charge in [0.1, 0.15) is 48.3 Å². The molecule has 1 aromatic carbocycles. The van der Waals surface area contributed by atoms with E-state index in [9.17, 15) is 73.2 Å². The van der Waals surface area contributed by atoms with Crippen molar-refractivity contribution in [1.29, 1.82) is 5.41 Å². The zero-order chi connectivity index (χ0) is 69.1. The Labute approximate surface area is 530 Å². The van der Waals surface area contributed by atoms with Gasteiger partial charge in [0.05, 0.1) is 31.4 Å². The Kier molecular flexibility index (Phi) is 33.5. The summed E-state index contributed by atoms with van der Waals surface area (Å²) in [5.74, 6) is -16.8. The third-order valence-corrected chi connectivity index (χ3v) is 14.7. The Balaban J connectivity index is 3.14. The van der Waals surface area contributed by atoms with E-state index in [0.29, 0.717) is 0 Å². The number of cyclic esters (lactones) is 1. The molecule has 91 heavy (non-hydrogen) atoms. The molecule has 0 saturated carbocycles. The Morgan fingerprint density at radius 3 is 1.75 bits per heavy atom. The topological polar surface area (TPSA) is 515 Å². The number of nitrogens with two attached hydrogens (primary N) is 2. The highest BCUT2D eigenvalue weighted by molar-refractivity contribution is 6.00. The quantitative estimate of drug-likeness (QED) is 0.0211. The van der Waals surface area contributed by atoms with Crippen molar-refractivity contribution in [3.05, 3.63) is 35.9 Å². The average molecular weight is 1290 g/mol. The van der Waals surface area contributed by atoms with Crippen LogP contribution in [0.3, 0.4) is 0 Å². The Morgan fingerprint density at radius 2 is 1.21 bits per heavy atom. The minimum Gasteiger partial charge on any atom is -0.453 e. The molecular weight excluding hydrogens is 1190 g/mol. The van der Waals surface area contributed by atoms with Gasteiger partial charge in [-0.05, 0) is 74.2 Å². The number of aliphatic hydroxyl groups excluding tert-OH is 4. The minimum atomic E-state index is -2.45. The molecule has 11 amide bonds. The van der Waals surface area contributed by atoms with Crippen LogP contribution >= 0.6 is 0 Å². The first-order chi connectivity index (χ1) is 42.6. The van der Waals surface area contributed by atoms with Gasteiger partial charge >= 0.3 is 5.97 Å². The van der Waals surface area contributed by atoms with Gasteiger partial charge in [0.2, 0.25) is 59.1 Å². The predicted molar refractivity (Wildman–Crippen MR) is 330 cm³/mol. The molecule has 2 rings (SSSR count). The van der Waals surface area contributed by atoms with Gasteiger partial charge in [-0.2, -0.15) is 0 Å². The van der Waals surface area contributed by atoms with Crippen molar-refractivity contribution >= 4 is 76.9 Å². The molecule has 1 aliphatic heterocycles. The highest BCUT2D eigenvalue weighted by Crippen LogP contribution is 2.25. The van der Waals surface area contributed by atoms with E-state index in [4.69, 9.17) is 21.6 Å². The number of aliphatic hydroxyl groups is 4. The predicted octanol–water partition coefficient (Wildman–Crippen LogP) is -4.96. The van der Waals surface area contributed by atoms with Gasteiger partial charge in [-0.3, -0.25) is 58.1 Å². The molecule has 0 aliphatic carbocycles. The number of benzene rings is 1. The molecule has 32 nitrogen and oxygen atoms in total. The van der Waals surface area contributed by atoms with E-state index >= 15 is 4.79 Å². The molecule has 1 aromatic rings. The zero-order valence-corrected chi connectivity index (χ0v) is 54.0. The number of amides is 11. The summed E-state index contributed by atoms with van der Waals surface area (Å²) in [6, 6.07) is -10.6. The molecular formula is C59H99N15O17. The van der Waals surface area contributed by atoms with Crippen molar-refractivity contribution in [3.63, 3.8) is 0 Å². The maximum absolute atomic E-state index is 15.4. The Morgan fingerprint density at radius 1 is 0.659 bits per heavy atom. The highest BCUT2D eigenvalue weighted by atomic mass is 16.5. The molecule has 0 bridgehead atoms. The van der Waals surface area contributed by atoms with Gasteiger partial charge in [-0.25, -0.2) is 4.79 Å². The molecule has 21 N–H and O–H groups in total. The number of esters is 1. The fourth-order valence-electron chi connectivity index (χ4n) is 9.41. The van der Waals surface area contributed by atoms with Crippen LogP contribution in [0, 0.1) is 35.0 Å². The maximum atomic E-state index is 15.4. The summed E-state index contributed by atoms with van der Waals surface area (Å²) in [7, 11) is 1.07. The smallest absolute Gasteiger partial charge is 0.331 e. The summed E-state index contributed by atoms with van der Waals surface area (Å²) in [6.45, 7) is 15.5. The number of hydrogen-bond acceptors (Lipinski definition) is 19. The van der Waals surface area contributed by atoms with Crippen LogP contribution in [0.4, 0.5) is 0 Å². The molecule has 1 saturated heterocycles. The van der Waals surface area contributed by atoms with Gasteiger partial charge in [-0.1, -0.05) is 106 Å². The summed E-state index contributed by atoms with van der Waals surface area (Å²) in [5.41, 5.74) is 11.7. The van der Waals surface area contributed by atoms with Crippen LogP contribution in [0.5, 0.6) is 0 Å². The third-order valence-electron chi connectivity index (χ3n) is 14.7. The largest absolute Gasteiger partial charge is 0.453 e. The SMILES string of the molecule is CC[C@H](C)[C@@H]1NC(=O)[C@@H](CCCNC(=N)N)NC(=O)[C@H](CC(C)C)NC(=O)[C@H]([C@H](O)C(C)C)NC(=O)[C@@H](NC(=O)[C@H](CC(C)C)NC(=O)[C@H](N)CC(C)C)[C@@H](c2ccccc2)OC(=O)[C@H](CO)NC(=O)[C@H]([C@H](O)C(=O)NC)NC(=O)CNC(=O)[C@H]([C@H](C)O)NC1=O. The summed E-state index contributed by atoms with van der Waals surface area (Å²) in [5, 5.41) is 80.9. The van der Waals surface area contributed by atoms with Crippen LogP contribution in [-0.4, -0.2) is 203 Å². The molecule has 1 heterocycles. The second kappa shape index (κ2) is 38.6. The second-order valence-corrected chi connectivity index (χ2v) is 24.3. The number of nitrogens with one attached hydrogen (secondary N) is 13. The van der Waals surface area contributed by atoms with E-state index < -0.39 is 187 Å². The molecule has 0 unspecified atom stereocenters. The summed E-state index contributed by atoms with van der Waals surface area (Å²) < 4.78 is 5.95. The summed E-state index contributed by atoms with van der Waals surface area (Å²) >= 11 is 0. The molecule has 0 spiro atoms. The van der Waals surface area contributed by atoms with Gasteiger partial charge < -0.3 is 100 Å². The molecule has 15 atom stereocenters. The minimum absolute atomic E-state index is 0.0177. The van der Waals surface area contributed by atoms with Crippen LogP contribution in [0.15, 0.2) is 30.3 Å². The number of hydrogen-bond donors (Lipinski definition) is 19. The first-order valence-electron chi connectivity index (χ1n) is 30.5. The van der Waals surface area contributed by atoms with Crippen molar-refractivity contribution in [2.75, 3.05) is 26.7 Å². The fraction of sp³-hybridized carbons (Fsp3) is 0.678. The van der Waals surface area contributed by atoms with Crippen LogP contribution in [0.25, 0.3) is 0 Å². The Bertz CT molecular complexity index is 2650. The lowest BCUT2D eigenvalue weighted by Crippen LogP contribution is -2.64. The van der Waals surface area contributed by atoms with E-state index in [1.165, 1.54) is 44.2 Å². The van der Waals surface area contributed by atoms with Crippen LogP contribution < -0.4 is 75.3 Å². The first kappa shape index (κ1) is 79.0. The third kappa shape index (κ3) is 26.0. The molecule has 0 radical (unpaired) electrons. The van der Waals surface area contributed by atoms with Crippen molar-refractivity contribution in [2.24, 2.45) is 41.1 Å². The number of carbonyl (C=O) groups is 12. The van der Waals surface area contributed by atoms with E-state index in [1.54, 1.807) is 41.5 Å². The van der Waals surface area contributed by atoms with E-state index in [0.717, 1.165) is 14.0 Å². The van der Waals surface area contributed by atoms with Gasteiger partial charge in [0.25, 0.3) is 5.91 Å². The fourth-order valence-corrected chi connectivity index (χ4v) is 9.41. The van der Waals surface area contributed by atoms with Crippen molar-refractivity contribution in [3.8, 4) is 0 Å². The number of ether oxygens (including phenoxy) is 1. The Hall–Kier alpha value is -8.07. The van der Waals surface area contributed by atoms with Crippen molar-refractivity contribution in [1.82, 2.24) is 63.8 Å². The van der Waals surface area contributed by atoms with Gasteiger partial charge in [0.15, 0.2) is 24.2 Å². The number of rotatable bonds is 23. The molecule has 512 valence electrons. The molecule has 32 heteroatoms. The van der Waals surface area contributed by atoms with Crippen molar-refractivity contribution in [2.45, 2.75) is 200 Å². The second-order valence-electron chi connectivity index (χ2n) is 24.3. The van der Waals surface area contributed by atoms with Gasteiger partial charge in [-0.15, -0.1) is 0 Å². The normalized spacial score (nSPS) is 24.5. The lowest BCUT2D eigenvalue weighted by molar-refractivity contribution is -0.159. The van der Waals surface area contributed by atoms with E-state index in [1.807, 2.05) is 13.8 Å². The highest BCUT2D eigenvalue weighted by Gasteiger charge is 2.44. The molecule has 1 fully saturated rings. The van der Waals surface area contributed by atoms with Crippen LogP contribution in [0.2, 0.25) is 0 Å². The lowest BCUT2D eigenvalue weighted by atomic mass is 9.95. The standard InChI is InChI=1S/C59H99N15O17/c1-13-31(10)40-53(85)72-41(32(11)76)52(84)65-25-39(77)70-43(46(79)57(89)63-12)55(87)69-38(26-75)58(90)91-47(33-18-15-14-16-19-33)44(74-51(83)37(24-29(6)7)67-48(80)34(60)22-27(2)3)56(88)73-42(45(78)30(8)9)54(86)68-36(23-28(4)5)50(82)66-35(49(81)71-40)20-17-21-64-59(61)62/h14-16,18-19,27-32,34-38,40-47,75-76,78-79H,13,17,20-26,60H2,1-12H3,(H,63,89)(H,65,84)(H,66,82)(H,67,80)(H,68,86)(H,69,87)(H,70,77)(H,71,81)(H,72,85)(H,73,88)(H,74,83)(H4,61,62,64)/t31-,32-,34+,35+,36-,37-,38-,40-,41-,42-,43-,44-,45+,46-,47+/m0/s1. The number of guanidine groups is 1. The first-order valence-corrected chi connectivity index (χ1v) is 30.5. The average Bonchev–Trinajstić information content (AvgIpc) is 1.35. The lowest BCUT2D eigenvalue weighted by Gasteiger charge is -2.34. The molecule has 1 aliphatic rings. The van der Waals surface area contributed by atoms with Crippen LogP contribution in [-0.2, 0) is 62.3 Å². The monoisotopic (exact) mass is 1290 g/mol. The number of likely N-dealkylation sites (N-methyl/N-ethyl adjacent to an activating group) is 1. The summed E-state index contributed by atoms with van der Waals surface area (Å²) in [6.07, 6.45) is -7.86. The van der Waals surface area contributed by atoms with Gasteiger partial charge in [0, 0.05) is 13.6 Å². The number of carbonyl (C=O) groups excluding carboxylic acids is 12. The van der Waals surface area contributed by atoms with Crippen LogP contribution in [0.1, 0.15) is 126 Å². The van der Waals surface area contributed by atoms with E-state index in [2.05, 4.69) is 63.8 Å². The molecule has 0 aromatic heterocycles.